The average molecular weight is 345 g/mol. The molecule has 0 aliphatic heterocycles. The molecule has 1 aliphatic rings. The highest BCUT2D eigenvalue weighted by Crippen LogP contribution is 2.48. The smallest absolute Gasteiger partial charge is 0.00435 e. The first kappa shape index (κ1) is 17.6. The molecule has 136 valence electrons. The Kier molecular flexibility index (Phi) is 4.55. The van der Waals surface area contributed by atoms with Gasteiger partial charge in [-0.25, -0.2) is 0 Å². The lowest BCUT2D eigenvalue weighted by atomic mass is 9.71. The molecule has 26 heavy (non-hydrogen) atoms. The lowest BCUT2D eigenvalue weighted by molar-refractivity contribution is 0.283. The lowest BCUT2D eigenvalue weighted by Gasteiger charge is -2.33. The maximum absolute atomic E-state index is 2.52. The van der Waals surface area contributed by atoms with Gasteiger partial charge in [-0.1, -0.05) is 89.1 Å². The van der Waals surface area contributed by atoms with E-state index >= 15 is 0 Å². The molecule has 0 N–H and O–H groups in total. The Bertz CT molecular complexity index is 933. The minimum Gasteiger partial charge on any atom is -0.0628 e. The summed E-state index contributed by atoms with van der Waals surface area (Å²) in [5, 5.41) is 5.66. The van der Waals surface area contributed by atoms with E-state index in [9.17, 15) is 0 Å². The Balaban J connectivity index is 1.73. The largest absolute Gasteiger partial charge is 0.0628 e. The van der Waals surface area contributed by atoms with Gasteiger partial charge in [0.05, 0.1) is 0 Å². The zero-order chi connectivity index (χ0) is 18.3. The summed E-state index contributed by atoms with van der Waals surface area (Å²) in [6, 6.07) is 18.3. The van der Waals surface area contributed by atoms with Crippen molar-refractivity contribution in [1.82, 2.24) is 0 Å². The Morgan fingerprint density at radius 2 is 1.62 bits per heavy atom. The highest BCUT2D eigenvalue weighted by atomic mass is 14.4. The molecule has 1 aliphatic carbocycles. The topological polar surface area (TPSA) is 0 Å². The summed E-state index contributed by atoms with van der Waals surface area (Å²) in [6.07, 6.45) is 6.61. The number of rotatable bonds is 5. The molecule has 0 heterocycles. The summed E-state index contributed by atoms with van der Waals surface area (Å²) in [7, 11) is 0. The van der Waals surface area contributed by atoms with Crippen LogP contribution in [0.2, 0.25) is 0 Å². The molecule has 0 fully saturated rings. The van der Waals surface area contributed by atoms with E-state index in [2.05, 4.69) is 76.2 Å². The molecule has 3 aromatic carbocycles. The molecule has 0 heteroatoms. The fourth-order valence-corrected chi connectivity index (χ4v) is 5.14. The van der Waals surface area contributed by atoms with Gasteiger partial charge in [0.15, 0.2) is 0 Å². The van der Waals surface area contributed by atoms with Crippen LogP contribution in [0.1, 0.15) is 64.5 Å². The van der Waals surface area contributed by atoms with Crippen LogP contribution in [0.4, 0.5) is 0 Å². The van der Waals surface area contributed by atoms with E-state index in [1.807, 2.05) is 0 Å². The van der Waals surface area contributed by atoms with Crippen molar-refractivity contribution in [2.45, 2.75) is 65.2 Å². The molecule has 0 amide bonds. The van der Waals surface area contributed by atoms with E-state index in [1.54, 1.807) is 11.1 Å². The zero-order valence-electron chi connectivity index (χ0n) is 16.8. The number of benzene rings is 3. The first-order valence-electron chi connectivity index (χ1n) is 10.4. The predicted molar refractivity (Wildman–Crippen MR) is 115 cm³/mol. The Hall–Kier alpha value is -1.82. The van der Waals surface area contributed by atoms with Crippen molar-refractivity contribution in [3.05, 3.63) is 59.7 Å². The van der Waals surface area contributed by atoms with Crippen molar-refractivity contribution in [1.29, 1.82) is 0 Å². The van der Waals surface area contributed by atoms with Gasteiger partial charge in [0, 0.05) is 0 Å². The highest BCUT2D eigenvalue weighted by Gasteiger charge is 2.39. The minimum atomic E-state index is 0.339. The zero-order valence-corrected chi connectivity index (χ0v) is 16.8. The van der Waals surface area contributed by atoms with Crippen LogP contribution in [0.3, 0.4) is 0 Å². The molecule has 2 atom stereocenters. The van der Waals surface area contributed by atoms with Crippen LogP contribution in [0, 0.1) is 11.8 Å². The van der Waals surface area contributed by atoms with Gasteiger partial charge in [0.25, 0.3) is 0 Å². The number of hydrogen-bond acceptors (Lipinski definition) is 0. The molecule has 0 saturated heterocycles. The van der Waals surface area contributed by atoms with Crippen LogP contribution < -0.4 is 0 Å². The van der Waals surface area contributed by atoms with Gasteiger partial charge in [-0.15, -0.1) is 0 Å². The van der Waals surface area contributed by atoms with Gasteiger partial charge in [0.2, 0.25) is 0 Å². The average Bonchev–Trinajstić information content (AvgIpc) is 2.99. The SMILES string of the molecule is CC(C)CCCC(C)[C@@]1(C)CCc2c1ccc1c2ccc2ccccc21. The summed E-state index contributed by atoms with van der Waals surface area (Å²) < 4.78 is 0. The molecular formula is C26H32. The number of aryl methyl sites for hydroxylation is 1. The number of hydrogen-bond donors (Lipinski definition) is 0. The Labute approximate surface area is 158 Å². The van der Waals surface area contributed by atoms with Crippen molar-refractivity contribution < 1.29 is 0 Å². The van der Waals surface area contributed by atoms with Crippen molar-refractivity contribution in [3.63, 3.8) is 0 Å². The fourth-order valence-electron chi connectivity index (χ4n) is 5.14. The van der Waals surface area contributed by atoms with Crippen molar-refractivity contribution in [2.75, 3.05) is 0 Å². The van der Waals surface area contributed by atoms with Gasteiger partial charge >= 0.3 is 0 Å². The molecule has 0 bridgehead atoms. The van der Waals surface area contributed by atoms with Crippen LogP contribution in [0.5, 0.6) is 0 Å². The lowest BCUT2D eigenvalue weighted by Crippen LogP contribution is -2.27. The second kappa shape index (κ2) is 6.72. The first-order valence-corrected chi connectivity index (χ1v) is 10.4. The van der Waals surface area contributed by atoms with Crippen LogP contribution in [-0.4, -0.2) is 0 Å². The Morgan fingerprint density at radius 3 is 2.42 bits per heavy atom. The summed E-state index contributed by atoms with van der Waals surface area (Å²) in [6.45, 7) is 9.69. The van der Waals surface area contributed by atoms with Gasteiger partial charge in [-0.3, -0.25) is 0 Å². The molecule has 4 rings (SSSR count). The molecule has 3 aromatic rings. The monoisotopic (exact) mass is 344 g/mol. The van der Waals surface area contributed by atoms with Crippen LogP contribution in [-0.2, 0) is 11.8 Å². The van der Waals surface area contributed by atoms with Gasteiger partial charge in [-0.2, -0.15) is 0 Å². The molecular weight excluding hydrogens is 312 g/mol. The van der Waals surface area contributed by atoms with Gasteiger partial charge < -0.3 is 0 Å². The molecule has 0 saturated carbocycles. The maximum atomic E-state index is 2.52. The van der Waals surface area contributed by atoms with E-state index in [-0.39, 0.29) is 0 Å². The predicted octanol–water partition coefficient (Wildman–Crippen LogP) is 7.66. The highest BCUT2D eigenvalue weighted by molar-refractivity contribution is 6.08. The molecule has 0 nitrogen and oxygen atoms in total. The third-order valence-electron chi connectivity index (χ3n) is 7.05. The van der Waals surface area contributed by atoms with Crippen LogP contribution in [0.15, 0.2) is 48.5 Å². The summed E-state index contributed by atoms with van der Waals surface area (Å²) in [5.41, 5.74) is 3.58. The standard InChI is InChI=1S/C26H32/c1-18(2)8-7-9-19(3)26(4)17-16-24-23-13-12-20-10-5-6-11-21(20)22(23)14-15-25(24)26/h5-6,10-15,18-19H,7-9,16-17H2,1-4H3/t19?,26-/m1/s1. The quantitative estimate of drug-likeness (QED) is 0.417. The third kappa shape index (κ3) is 2.84. The van der Waals surface area contributed by atoms with Gasteiger partial charge in [-0.05, 0) is 69.2 Å². The maximum Gasteiger partial charge on any atom is -0.00435 e. The second-order valence-corrected chi connectivity index (χ2v) is 9.12. The van der Waals surface area contributed by atoms with E-state index in [4.69, 9.17) is 0 Å². The van der Waals surface area contributed by atoms with Crippen molar-refractivity contribution >= 4 is 21.5 Å². The first-order chi connectivity index (χ1) is 12.5. The van der Waals surface area contributed by atoms with Crippen molar-refractivity contribution in [2.24, 2.45) is 11.8 Å². The van der Waals surface area contributed by atoms with Crippen molar-refractivity contribution in [3.8, 4) is 0 Å². The Morgan fingerprint density at radius 1 is 0.846 bits per heavy atom. The second-order valence-electron chi connectivity index (χ2n) is 9.12. The summed E-state index contributed by atoms with van der Waals surface area (Å²) >= 11 is 0. The fraction of sp³-hybridized carbons (Fsp3) is 0.462. The molecule has 0 radical (unpaired) electrons. The minimum absolute atomic E-state index is 0.339. The van der Waals surface area contributed by atoms with E-state index in [0.717, 1.165) is 11.8 Å². The van der Waals surface area contributed by atoms with Crippen LogP contribution >= 0.6 is 0 Å². The van der Waals surface area contributed by atoms with Gasteiger partial charge in [0.1, 0.15) is 0 Å². The van der Waals surface area contributed by atoms with E-state index in [1.165, 1.54) is 53.6 Å². The van der Waals surface area contributed by atoms with Crippen LogP contribution in [0.25, 0.3) is 21.5 Å². The normalized spacial score (nSPS) is 20.8. The molecule has 0 aromatic heterocycles. The number of fused-ring (bicyclic) bond motifs is 5. The molecule has 1 unspecified atom stereocenters. The third-order valence-corrected chi connectivity index (χ3v) is 7.05. The van der Waals surface area contributed by atoms with E-state index in [0.29, 0.717) is 5.41 Å². The summed E-state index contributed by atoms with van der Waals surface area (Å²) in [4.78, 5) is 0. The molecule has 0 spiro atoms. The van der Waals surface area contributed by atoms with E-state index < -0.39 is 0 Å². The summed E-state index contributed by atoms with van der Waals surface area (Å²) in [5.74, 6) is 1.57.